The molecule has 0 amide bonds. The molecule has 0 spiro atoms. The number of H-pyrrole nitrogens is 1. The first-order valence-corrected chi connectivity index (χ1v) is 5.32. The minimum absolute atomic E-state index is 0.0114. The van der Waals surface area contributed by atoms with Crippen molar-refractivity contribution in [2.45, 2.75) is 0 Å². The Kier molecular flexibility index (Phi) is 2.78. The molecule has 0 bridgehead atoms. The fourth-order valence-corrected chi connectivity index (χ4v) is 1.82. The van der Waals surface area contributed by atoms with Gasteiger partial charge in [0.25, 0.3) is 0 Å². The number of hydrogen-bond acceptors (Lipinski definition) is 3. The minimum atomic E-state index is -0.633. The third-order valence-corrected chi connectivity index (χ3v) is 2.74. The van der Waals surface area contributed by atoms with Crippen molar-refractivity contribution in [2.24, 2.45) is 0 Å². The summed E-state index contributed by atoms with van der Waals surface area (Å²) in [6, 6.07) is 5.18. The van der Waals surface area contributed by atoms with Gasteiger partial charge >= 0.3 is 5.97 Å². The van der Waals surface area contributed by atoms with Crippen LogP contribution in [0.2, 0.25) is 0 Å². The Balaban J connectivity index is 2.76. The average Bonchev–Trinajstić information content (AvgIpc) is 2.28. The van der Waals surface area contributed by atoms with Crippen LogP contribution in [0.4, 0.5) is 0 Å². The van der Waals surface area contributed by atoms with Gasteiger partial charge in [-0.15, -0.1) is 0 Å². The summed E-state index contributed by atoms with van der Waals surface area (Å²) in [6.07, 6.45) is 1.36. The first-order chi connectivity index (χ1) is 7.63. The number of aromatic nitrogens is 1. The number of fused-ring (bicyclic) bond motifs is 1. The van der Waals surface area contributed by atoms with Crippen molar-refractivity contribution in [1.29, 1.82) is 0 Å². The van der Waals surface area contributed by atoms with Crippen molar-refractivity contribution in [3.63, 3.8) is 0 Å². The lowest BCUT2D eigenvalue weighted by Gasteiger charge is -2.01. The van der Waals surface area contributed by atoms with E-state index in [2.05, 4.69) is 25.7 Å². The number of benzene rings is 1. The fourth-order valence-electron chi connectivity index (χ4n) is 1.46. The highest BCUT2D eigenvalue weighted by Gasteiger charge is 2.12. The summed E-state index contributed by atoms with van der Waals surface area (Å²) in [7, 11) is 1.24. The number of carbonyl (C=O) groups is 1. The smallest absolute Gasteiger partial charge is 0.343 e. The molecule has 2 rings (SSSR count). The van der Waals surface area contributed by atoms with E-state index in [-0.39, 0.29) is 11.0 Å². The number of halogens is 1. The molecule has 0 aliphatic rings. The Morgan fingerprint density at radius 1 is 1.44 bits per heavy atom. The minimum Gasteiger partial charge on any atom is -0.465 e. The summed E-state index contributed by atoms with van der Waals surface area (Å²) < 4.78 is 5.38. The van der Waals surface area contributed by atoms with Gasteiger partial charge in [-0.05, 0) is 18.2 Å². The predicted molar refractivity (Wildman–Crippen MR) is 63.6 cm³/mol. The highest BCUT2D eigenvalue weighted by atomic mass is 79.9. The molecule has 4 nitrogen and oxygen atoms in total. The summed E-state index contributed by atoms with van der Waals surface area (Å²) in [5, 5.41) is 0.464. The number of pyridine rings is 1. The second kappa shape index (κ2) is 4.09. The highest BCUT2D eigenvalue weighted by Crippen LogP contribution is 2.15. The second-order valence-corrected chi connectivity index (χ2v) is 4.13. The van der Waals surface area contributed by atoms with Crippen molar-refractivity contribution in [3.05, 3.63) is 44.7 Å². The van der Waals surface area contributed by atoms with Crippen molar-refractivity contribution in [2.75, 3.05) is 7.11 Å². The predicted octanol–water partition coefficient (Wildman–Crippen LogP) is 2.08. The molecule has 2 aromatic rings. The molecule has 0 saturated heterocycles. The number of ether oxygens (including phenoxy) is 1. The topological polar surface area (TPSA) is 59.2 Å². The molecule has 0 aliphatic carbocycles. The Morgan fingerprint density at radius 3 is 2.88 bits per heavy atom. The fraction of sp³-hybridized carbons (Fsp3) is 0.0909. The van der Waals surface area contributed by atoms with Crippen molar-refractivity contribution in [1.82, 2.24) is 4.98 Å². The molecule has 0 unspecified atom stereocenters. The zero-order chi connectivity index (χ0) is 11.7. The van der Waals surface area contributed by atoms with Gasteiger partial charge in [-0.3, -0.25) is 4.79 Å². The van der Waals surface area contributed by atoms with Crippen LogP contribution in [0.3, 0.4) is 0 Å². The standard InChI is InChI=1S/C11H8BrNO3/c1-16-11(15)8-5-13-9-4-6(12)2-3-7(9)10(8)14/h2-5H,1H3,(H,13,14). The van der Waals surface area contributed by atoms with E-state index in [4.69, 9.17) is 0 Å². The lowest BCUT2D eigenvalue weighted by Crippen LogP contribution is -2.16. The van der Waals surface area contributed by atoms with Gasteiger partial charge in [0.15, 0.2) is 0 Å². The van der Waals surface area contributed by atoms with Gasteiger partial charge in [0.2, 0.25) is 5.43 Å². The van der Waals surface area contributed by atoms with Crippen molar-refractivity contribution < 1.29 is 9.53 Å². The zero-order valence-electron chi connectivity index (χ0n) is 8.41. The van der Waals surface area contributed by atoms with E-state index in [0.29, 0.717) is 10.9 Å². The summed E-state index contributed by atoms with van der Waals surface area (Å²) in [5.74, 6) is -0.633. The van der Waals surface area contributed by atoms with Crippen LogP contribution < -0.4 is 5.43 Å². The van der Waals surface area contributed by atoms with E-state index in [1.165, 1.54) is 13.3 Å². The molecule has 82 valence electrons. The van der Waals surface area contributed by atoms with E-state index in [1.54, 1.807) is 18.2 Å². The number of esters is 1. The highest BCUT2D eigenvalue weighted by molar-refractivity contribution is 9.10. The summed E-state index contributed by atoms with van der Waals surface area (Å²) in [5.41, 5.74) is 0.359. The molecule has 1 aromatic heterocycles. The molecular formula is C11H8BrNO3. The van der Waals surface area contributed by atoms with Gasteiger partial charge < -0.3 is 9.72 Å². The van der Waals surface area contributed by atoms with Gasteiger partial charge in [-0.2, -0.15) is 0 Å². The molecule has 16 heavy (non-hydrogen) atoms. The molecule has 0 aliphatic heterocycles. The monoisotopic (exact) mass is 281 g/mol. The third-order valence-electron chi connectivity index (χ3n) is 2.25. The molecule has 1 heterocycles. The first-order valence-electron chi connectivity index (χ1n) is 4.52. The average molecular weight is 282 g/mol. The quantitative estimate of drug-likeness (QED) is 0.815. The lowest BCUT2D eigenvalue weighted by atomic mass is 10.1. The number of nitrogens with one attached hydrogen (secondary N) is 1. The van der Waals surface area contributed by atoms with Gasteiger partial charge in [0, 0.05) is 16.1 Å². The summed E-state index contributed by atoms with van der Waals surface area (Å²) in [4.78, 5) is 26.1. The van der Waals surface area contributed by atoms with Gasteiger partial charge in [-0.1, -0.05) is 15.9 Å². The Hall–Kier alpha value is -1.62. The largest absolute Gasteiger partial charge is 0.465 e. The van der Waals surface area contributed by atoms with Gasteiger partial charge in [0.1, 0.15) is 5.56 Å². The van der Waals surface area contributed by atoms with Crippen LogP contribution in [0.5, 0.6) is 0 Å². The maximum absolute atomic E-state index is 11.9. The maximum atomic E-state index is 11.9. The Morgan fingerprint density at radius 2 is 2.19 bits per heavy atom. The number of carbonyl (C=O) groups excluding carboxylic acids is 1. The van der Waals surface area contributed by atoms with E-state index in [9.17, 15) is 9.59 Å². The van der Waals surface area contributed by atoms with Crippen LogP contribution >= 0.6 is 15.9 Å². The number of hydrogen-bond donors (Lipinski definition) is 1. The van der Waals surface area contributed by atoms with Crippen LogP contribution in [0, 0.1) is 0 Å². The number of methoxy groups -OCH3 is 1. The second-order valence-electron chi connectivity index (χ2n) is 3.21. The molecular weight excluding hydrogens is 274 g/mol. The molecule has 1 aromatic carbocycles. The van der Waals surface area contributed by atoms with E-state index in [0.717, 1.165) is 4.47 Å². The first kappa shape index (κ1) is 10.9. The van der Waals surface area contributed by atoms with Crippen LogP contribution in [0.1, 0.15) is 10.4 Å². The number of aromatic amines is 1. The van der Waals surface area contributed by atoms with Crippen molar-refractivity contribution in [3.8, 4) is 0 Å². The van der Waals surface area contributed by atoms with Crippen LogP contribution in [0.15, 0.2) is 33.7 Å². The third kappa shape index (κ3) is 1.74. The van der Waals surface area contributed by atoms with Crippen molar-refractivity contribution >= 4 is 32.8 Å². The summed E-state index contributed by atoms with van der Waals surface area (Å²) >= 11 is 3.30. The van der Waals surface area contributed by atoms with E-state index < -0.39 is 5.97 Å². The Bertz CT molecular complexity index is 618. The van der Waals surface area contributed by atoms with Gasteiger partial charge in [0.05, 0.1) is 12.6 Å². The molecule has 0 fully saturated rings. The van der Waals surface area contributed by atoms with Crippen LogP contribution in [-0.4, -0.2) is 18.1 Å². The molecule has 0 radical (unpaired) electrons. The van der Waals surface area contributed by atoms with Crippen LogP contribution in [-0.2, 0) is 4.74 Å². The molecule has 0 atom stereocenters. The van der Waals surface area contributed by atoms with E-state index >= 15 is 0 Å². The molecule has 5 heteroatoms. The maximum Gasteiger partial charge on any atom is 0.343 e. The van der Waals surface area contributed by atoms with Crippen LogP contribution in [0.25, 0.3) is 10.9 Å². The number of rotatable bonds is 1. The summed E-state index contributed by atoms with van der Waals surface area (Å²) in [6.45, 7) is 0. The Labute approximate surface area is 99.4 Å². The SMILES string of the molecule is COC(=O)c1c[nH]c2cc(Br)ccc2c1=O. The normalized spacial score (nSPS) is 10.4. The molecule has 0 saturated carbocycles. The van der Waals surface area contributed by atoms with Gasteiger partial charge in [-0.25, -0.2) is 4.79 Å². The zero-order valence-corrected chi connectivity index (χ0v) is 10.00. The lowest BCUT2D eigenvalue weighted by molar-refractivity contribution is 0.0599. The van der Waals surface area contributed by atoms with E-state index in [1.807, 2.05) is 0 Å². The molecule has 1 N–H and O–H groups in total.